The van der Waals surface area contributed by atoms with Gasteiger partial charge >= 0.3 is 6.09 Å². The number of imide groups is 1. The summed E-state index contributed by atoms with van der Waals surface area (Å²) >= 11 is 0. The van der Waals surface area contributed by atoms with E-state index < -0.39 is 0 Å². The van der Waals surface area contributed by atoms with Crippen molar-refractivity contribution in [3.05, 3.63) is 23.9 Å². The molecule has 3 fully saturated rings. The van der Waals surface area contributed by atoms with Crippen molar-refractivity contribution in [3.63, 3.8) is 0 Å². The van der Waals surface area contributed by atoms with Gasteiger partial charge in [-0.1, -0.05) is 13.8 Å². The third-order valence-corrected chi connectivity index (χ3v) is 9.33. The van der Waals surface area contributed by atoms with Crippen molar-refractivity contribution in [2.45, 2.75) is 58.3 Å². The molecule has 0 spiro atoms. The van der Waals surface area contributed by atoms with E-state index in [4.69, 9.17) is 4.74 Å². The number of aromatic nitrogens is 2. The SMILES string of the molecule is COC(=O)N1CCC(C(C)(C)C2CCN(c3ccc4c(C5CCC(=O)NC5=O)nn(C)c4c3)CC2)CC1. The lowest BCUT2D eigenvalue weighted by molar-refractivity contribution is -0.134. The largest absolute Gasteiger partial charge is 0.453 e. The number of rotatable bonds is 4. The zero-order chi connectivity index (χ0) is 26.3. The van der Waals surface area contributed by atoms with Crippen LogP contribution in [-0.2, 0) is 21.4 Å². The number of nitrogens with zero attached hydrogens (tertiary/aromatic N) is 4. The number of fused-ring (bicyclic) bond motifs is 1. The Balaban J connectivity index is 1.24. The number of ether oxygens (including phenoxy) is 1. The number of carbonyl (C=O) groups is 3. The maximum absolute atomic E-state index is 12.4. The van der Waals surface area contributed by atoms with E-state index in [9.17, 15) is 14.4 Å². The zero-order valence-corrected chi connectivity index (χ0v) is 22.5. The van der Waals surface area contributed by atoms with E-state index in [2.05, 4.69) is 47.4 Å². The Morgan fingerprint density at radius 1 is 1.03 bits per heavy atom. The Bertz CT molecular complexity index is 1190. The standard InChI is InChI=1S/C28H39N5O4/c1-28(2,19-11-15-33(16-12-19)27(36)37-4)18-9-13-32(14-10-18)20-5-6-21-23(17-20)31(3)30-25(21)22-7-8-24(34)29-26(22)35/h5-6,17-19,22H,7-16H2,1-4H3,(H,29,34,35). The van der Waals surface area contributed by atoms with Gasteiger partial charge in [-0.05, 0) is 67.6 Å². The number of likely N-dealkylation sites (tertiary alicyclic amines) is 1. The summed E-state index contributed by atoms with van der Waals surface area (Å²) in [6.45, 7) is 8.43. The fourth-order valence-electron chi connectivity index (χ4n) is 6.83. The molecule has 200 valence electrons. The number of hydrogen-bond donors (Lipinski definition) is 1. The van der Waals surface area contributed by atoms with E-state index in [1.165, 1.54) is 12.8 Å². The maximum Gasteiger partial charge on any atom is 0.409 e. The summed E-state index contributed by atoms with van der Waals surface area (Å²) in [4.78, 5) is 40.2. The second-order valence-corrected chi connectivity index (χ2v) is 11.5. The van der Waals surface area contributed by atoms with Gasteiger partial charge in [0.1, 0.15) is 0 Å². The van der Waals surface area contributed by atoms with Crippen molar-refractivity contribution in [2.24, 2.45) is 24.3 Å². The molecule has 1 atom stereocenters. The van der Waals surface area contributed by atoms with E-state index in [1.807, 2.05) is 16.6 Å². The first-order chi connectivity index (χ1) is 17.7. The minimum absolute atomic E-state index is 0.206. The van der Waals surface area contributed by atoms with Crippen molar-refractivity contribution in [1.29, 1.82) is 0 Å². The van der Waals surface area contributed by atoms with E-state index in [0.717, 1.165) is 68.5 Å². The third kappa shape index (κ3) is 4.80. The van der Waals surface area contributed by atoms with Crippen LogP contribution in [0.3, 0.4) is 0 Å². The molecule has 3 aliphatic rings. The van der Waals surface area contributed by atoms with Crippen LogP contribution in [0.4, 0.5) is 10.5 Å². The minimum Gasteiger partial charge on any atom is -0.453 e. The predicted molar refractivity (Wildman–Crippen MR) is 141 cm³/mol. The molecule has 3 saturated heterocycles. The number of benzene rings is 1. The van der Waals surface area contributed by atoms with Crippen LogP contribution in [0.2, 0.25) is 0 Å². The molecule has 4 heterocycles. The molecule has 1 aromatic heterocycles. The number of hydrogen-bond acceptors (Lipinski definition) is 6. The van der Waals surface area contributed by atoms with Crippen LogP contribution in [0.15, 0.2) is 18.2 Å². The monoisotopic (exact) mass is 509 g/mol. The van der Waals surface area contributed by atoms with Crippen molar-refractivity contribution in [2.75, 3.05) is 38.2 Å². The Kier molecular flexibility index (Phi) is 6.89. The summed E-state index contributed by atoms with van der Waals surface area (Å²) in [7, 11) is 3.37. The average Bonchev–Trinajstić information content (AvgIpc) is 3.23. The van der Waals surface area contributed by atoms with Gasteiger partial charge in [0.25, 0.3) is 0 Å². The van der Waals surface area contributed by atoms with Gasteiger partial charge in [-0.3, -0.25) is 19.6 Å². The molecule has 1 aromatic carbocycles. The smallest absolute Gasteiger partial charge is 0.409 e. The number of aryl methyl sites for hydroxylation is 1. The zero-order valence-electron chi connectivity index (χ0n) is 22.5. The molecular weight excluding hydrogens is 470 g/mol. The highest BCUT2D eigenvalue weighted by Gasteiger charge is 2.41. The topological polar surface area (TPSA) is 96.8 Å². The second kappa shape index (κ2) is 9.99. The lowest BCUT2D eigenvalue weighted by Crippen LogP contribution is -2.46. The summed E-state index contributed by atoms with van der Waals surface area (Å²) < 4.78 is 6.76. The summed E-state index contributed by atoms with van der Waals surface area (Å²) in [6.07, 6.45) is 5.01. The first-order valence-electron chi connectivity index (χ1n) is 13.6. The molecule has 0 radical (unpaired) electrons. The van der Waals surface area contributed by atoms with E-state index in [0.29, 0.717) is 24.7 Å². The number of anilines is 1. The molecule has 9 nitrogen and oxygen atoms in total. The van der Waals surface area contributed by atoms with Crippen LogP contribution in [0.5, 0.6) is 0 Å². The molecule has 5 rings (SSSR count). The van der Waals surface area contributed by atoms with Gasteiger partial charge < -0.3 is 14.5 Å². The molecule has 0 saturated carbocycles. The Morgan fingerprint density at radius 3 is 2.30 bits per heavy atom. The Labute approximate surface area is 218 Å². The molecule has 2 aromatic rings. The number of carbonyl (C=O) groups excluding carboxylic acids is 3. The third-order valence-electron chi connectivity index (χ3n) is 9.33. The quantitative estimate of drug-likeness (QED) is 0.630. The van der Waals surface area contributed by atoms with Crippen molar-refractivity contribution < 1.29 is 19.1 Å². The van der Waals surface area contributed by atoms with Crippen molar-refractivity contribution in [1.82, 2.24) is 20.0 Å². The highest BCUT2D eigenvalue weighted by molar-refractivity contribution is 6.02. The summed E-state index contributed by atoms with van der Waals surface area (Å²) in [6, 6.07) is 6.42. The lowest BCUT2D eigenvalue weighted by Gasteiger charge is -2.48. The van der Waals surface area contributed by atoms with Gasteiger partial charge in [-0.25, -0.2) is 4.79 Å². The molecule has 0 aliphatic carbocycles. The van der Waals surface area contributed by atoms with E-state index in [1.54, 1.807) is 0 Å². The highest BCUT2D eigenvalue weighted by Crippen LogP contribution is 2.46. The highest BCUT2D eigenvalue weighted by atomic mass is 16.5. The van der Waals surface area contributed by atoms with Gasteiger partial charge in [0, 0.05) is 50.7 Å². The van der Waals surface area contributed by atoms with Gasteiger partial charge in [-0.2, -0.15) is 5.10 Å². The fraction of sp³-hybridized carbons (Fsp3) is 0.643. The molecule has 0 bridgehead atoms. The van der Waals surface area contributed by atoms with Gasteiger partial charge in [0.2, 0.25) is 11.8 Å². The summed E-state index contributed by atoms with van der Waals surface area (Å²) in [5, 5.41) is 8.12. The van der Waals surface area contributed by atoms with E-state index >= 15 is 0 Å². The summed E-state index contributed by atoms with van der Waals surface area (Å²) in [5.74, 6) is 0.423. The molecule has 3 amide bonds. The van der Waals surface area contributed by atoms with Crippen molar-refractivity contribution >= 4 is 34.5 Å². The molecule has 1 N–H and O–H groups in total. The Morgan fingerprint density at radius 2 is 1.68 bits per heavy atom. The number of piperidine rings is 3. The number of nitrogens with one attached hydrogen (secondary N) is 1. The minimum atomic E-state index is -0.385. The van der Waals surface area contributed by atoms with Gasteiger partial charge in [0.05, 0.1) is 24.2 Å². The van der Waals surface area contributed by atoms with Gasteiger partial charge in [0.15, 0.2) is 0 Å². The molecule has 3 aliphatic heterocycles. The average molecular weight is 510 g/mol. The van der Waals surface area contributed by atoms with E-state index in [-0.39, 0.29) is 29.2 Å². The predicted octanol–water partition coefficient (Wildman–Crippen LogP) is 3.81. The van der Waals surface area contributed by atoms with Crippen LogP contribution < -0.4 is 10.2 Å². The fourth-order valence-corrected chi connectivity index (χ4v) is 6.83. The first-order valence-corrected chi connectivity index (χ1v) is 13.6. The lowest BCUT2D eigenvalue weighted by atomic mass is 9.63. The second-order valence-electron chi connectivity index (χ2n) is 11.5. The van der Waals surface area contributed by atoms with Crippen LogP contribution >= 0.6 is 0 Å². The number of amides is 3. The van der Waals surface area contributed by atoms with Crippen LogP contribution in [0.25, 0.3) is 10.9 Å². The van der Waals surface area contributed by atoms with Crippen LogP contribution in [0.1, 0.15) is 64.0 Å². The maximum atomic E-state index is 12.4. The first kappa shape index (κ1) is 25.5. The molecule has 1 unspecified atom stereocenters. The van der Waals surface area contributed by atoms with Crippen LogP contribution in [-0.4, -0.2) is 65.9 Å². The van der Waals surface area contributed by atoms with Gasteiger partial charge in [-0.15, -0.1) is 0 Å². The summed E-state index contributed by atoms with van der Waals surface area (Å²) in [5.41, 5.74) is 3.19. The van der Waals surface area contributed by atoms with Crippen LogP contribution in [0, 0.1) is 17.3 Å². The number of methoxy groups -OCH3 is 1. The molecule has 37 heavy (non-hydrogen) atoms. The van der Waals surface area contributed by atoms with Crippen molar-refractivity contribution in [3.8, 4) is 0 Å². The normalized spacial score (nSPS) is 22.4. The molecule has 9 heteroatoms. The molecular formula is C28H39N5O4. The Hall–Kier alpha value is -3.10.